The molecule has 3 heterocycles. The molecule has 0 amide bonds. The molecule has 0 saturated heterocycles. The van der Waals surface area contributed by atoms with Gasteiger partial charge in [0.2, 0.25) is 0 Å². The Morgan fingerprint density at radius 3 is 1.32 bits per heavy atom. The number of rotatable bonds is 14. The van der Waals surface area contributed by atoms with Gasteiger partial charge in [-0.15, -0.1) is 0 Å². The lowest BCUT2D eigenvalue weighted by atomic mass is 9.72. The quantitative estimate of drug-likeness (QED) is 0.109. The van der Waals surface area contributed by atoms with Crippen molar-refractivity contribution in [2.75, 3.05) is 0 Å². The molecule has 0 aliphatic heterocycles. The van der Waals surface area contributed by atoms with Crippen LogP contribution in [0.15, 0.2) is 195 Å². The van der Waals surface area contributed by atoms with Gasteiger partial charge in [-0.2, -0.15) is 0 Å². The van der Waals surface area contributed by atoms with E-state index in [1.807, 2.05) is 60.7 Å². The zero-order chi connectivity index (χ0) is 59.3. The topological polar surface area (TPSA) is 38.7 Å². The smallest absolute Gasteiger partial charge is 0.0708 e. The van der Waals surface area contributed by atoms with E-state index in [4.69, 9.17) is 15.0 Å². The van der Waals surface area contributed by atoms with Gasteiger partial charge in [-0.3, -0.25) is 15.0 Å². The number of hydrogen-bond acceptors (Lipinski definition) is 3. The second-order valence-corrected chi connectivity index (χ2v) is 26.5. The van der Waals surface area contributed by atoms with E-state index in [2.05, 4.69) is 190 Å². The van der Waals surface area contributed by atoms with Crippen molar-refractivity contribution in [2.45, 2.75) is 166 Å². The lowest BCUT2D eigenvalue weighted by molar-refractivity contribution is 0.430. The highest BCUT2D eigenvalue weighted by Crippen LogP contribution is 2.47. The molecule has 80 heavy (non-hydrogen) atoms. The molecule has 0 N–H and O–H groups in total. The first-order valence-electron chi connectivity index (χ1n) is 31.5. The average molecular weight is 1050 g/mol. The van der Waals surface area contributed by atoms with E-state index in [1.165, 1.54) is 27.8 Å². The van der Waals surface area contributed by atoms with E-state index >= 15 is 0 Å². The maximum Gasteiger partial charge on any atom is 0.0708 e. The van der Waals surface area contributed by atoms with E-state index < -0.39 is 12.7 Å². The molecule has 11 rings (SSSR count). The minimum absolute atomic E-state index is 0.00842. The second-order valence-electron chi connectivity index (χ2n) is 26.5. The molecule has 406 valence electrons. The summed E-state index contributed by atoms with van der Waals surface area (Å²) in [6, 6.07) is 61.6. The standard InChI is InChI=1S/C77H83N3/c1-73(2,3)64-32-30-57(31-33-64)59-22-17-23-60(45-59)69-48-72(58-20-11-10-12-21-58)78-51-63(69)29-28-54-42-55(49-76(38-13-14-39-76)67-34-36-70(79-52-67)61-24-18-26-65(46-61)74(4,5)6)44-56(43-54)50-77(40-15-16-41-77)68-35-37-71(80-53-68)62-25-19-27-66(47-62)75(7,8)9/h10-12,17-27,30-37,42-48,51-53H,13-16,28-29,38-41,49-50H2,1-9H3/i28D2,29D2. The third-order valence-electron chi connectivity index (χ3n) is 17.6. The number of pyridine rings is 3. The van der Waals surface area contributed by atoms with Crippen LogP contribution >= 0.6 is 0 Å². The van der Waals surface area contributed by atoms with Crippen LogP contribution in [0.5, 0.6) is 0 Å². The summed E-state index contributed by atoms with van der Waals surface area (Å²) in [5.41, 5.74) is 17.6. The van der Waals surface area contributed by atoms with Gasteiger partial charge in [-0.25, -0.2) is 0 Å². The fourth-order valence-corrected chi connectivity index (χ4v) is 12.8. The maximum absolute atomic E-state index is 10.4. The summed E-state index contributed by atoms with van der Waals surface area (Å²) in [4.78, 5) is 15.3. The summed E-state index contributed by atoms with van der Waals surface area (Å²) >= 11 is 0. The normalized spacial score (nSPS) is 16.4. The lowest BCUT2D eigenvalue weighted by Gasteiger charge is -2.32. The van der Waals surface area contributed by atoms with Gasteiger partial charge in [-0.1, -0.05) is 228 Å². The Morgan fingerprint density at radius 2 is 0.825 bits per heavy atom. The van der Waals surface area contributed by atoms with Gasteiger partial charge in [0.15, 0.2) is 0 Å². The SMILES string of the molecule is [2H]C([2H])(c1cc(CC2(c3ccc(-c4cccc(C(C)(C)C)c4)nc3)CCCC2)cc(CC2(c3ccc(-c4cccc(C(C)(C)C)c4)nc3)CCCC2)c1)C([2H])([2H])c1cnc(-c2ccccc2)cc1-c1cccc(-c2ccc(C(C)(C)C)cc2)c1. The zero-order valence-electron chi connectivity index (χ0n) is 52.9. The van der Waals surface area contributed by atoms with Crippen molar-refractivity contribution in [3.05, 3.63) is 245 Å². The molecule has 3 heteroatoms. The Labute approximate surface area is 485 Å². The van der Waals surface area contributed by atoms with Gasteiger partial charge in [0.25, 0.3) is 0 Å². The van der Waals surface area contributed by atoms with Crippen molar-refractivity contribution in [3.63, 3.8) is 0 Å². The van der Waals surface area contributed by atoms with E-state index in [0.29, 0.717) is 29.7 Å². The maximum atomic E-state index is 10.4. The highest BCUT2D eigenvalue weighted by molar-refractivity contribution is 5.78. The Hall–Kier alpha value is -7.23. The molecule has 2 fully saturated rings. The van der Waals surface area contributed by atoms with Gasteiger partial charge in [0.1, 0.15) is 0 Å². The van der Waals surface area contributed by atoms with Crippen LogP contribution in [0.3, 0.4) is 0 Å². The van der Waals surface area contributed by atoms with E-state index in [1.54, 1.807) is 6.20 Å². The van der Waals surface area contributed by atoms with Crippen LogP contribution in [0.2, 0.25) is 0 Å². The molecule has 2 saturated carbocycles. The molecule has 0 radical (unpaired) electrons. The Balaban J connectivity index is 1.01. The summed E-state index contributed by atoms with van der Waals surface area (Å²) in [6.45, 7) is 20.1. The van der Waals surface area contributed by atoms with E-state index in [0.717, 1.165) is 107 Å². The molecule has 9 aromatic rings. The summed E-state index contributed by atoms with van der Waals surface area (Å²) < 4.78 is 41.4. The summed E-state index contributed by atoms with van der Waals surface area (Å²) in [5.74, 6) is 0. The predicted octanol–water partition coefficient (Wildman–Crippen LogP) is 20.0. The number of aryl methyl sites for hydroxylation is 2. The van der Waals surface area contributed by atoms with Crippen LogP contribution in [-0.2, 0) is 52.7 Å². The number of hydrogen-bond donors (Lipinski definition) is 0. The molecule has 2 aliphatic carbocycles. The lowest BCUT2D eigenvalue weighted by Crippen LogP contribution is -2.27. The van der Waals surface area contributed by atoms with Crippen molar-refractivity contribution in [3.8, 4) is 56.0 Å². The van der Waals surface area contributed by atoms with E-state index in [-0.39, 0.29) is 32.6 Å². The summed E-state index contributed by atoms with van der Waals surface area (Å²) in [7, 11) is 0. The third-order valence-corrected chi connectivity index (χ3v) is 17.6. The largest absolute Gasteiger partial charge is 0.256 e. The average Bonchev–Trinajstić information content (AvgIpc) is 1.50. The summed E-state index contributed by atoms with van der Waals surface area (Å²) in [5, 5.41) is 0. The Bertz CT molecular complexity index is 3630. The molecule has 0 atom stereocenters. The van der Waals surface area contributed by atoms with Gasteiger partial charge >= 0.3 is 0 Å². The molecular weight excluding hydrogens is 967 g/mol. The van der Waals surface area contributed by atoms with Crippen LogP contribution in [0, 0.1) is 0 Å². The van der Waals surface area contributed by atoms with Crippen LogP contribution in [-0.4, -0.2) is 15.0 Å². The van der Waals surface area contributed by atoms with Crippen molar-refractivity contribution in [1.29, 1.82) is 0 Å². The number of aromatic nitrogens is 3. The minimum atomic E-state index is -2.55. The molecule has 3 aromatic heterocycles. The van der Waals surface area contributed by atoms with Crippen molar-refractivity contribution in [2.24, 2.45) is 0 Å². The molecule has 6 aromatic carbocycles. The Kier molecular flexibility index (Phi) is 13.9. The minimum Gasteiger partial charge on any atom is -0.256 e. The van der Waals surface area contributed by atoms with Crippen LogP contribution in [0.4, 0.5) is 0 Å². The monoisotopic (exact) mass is 1050 g/mol. The molecule has 0 spiro atoms. The van der Waals surface area contributed by atoms with Crippen molar-refractivity contribution in [1.82, 2.24) is 15.0 Å². The summed E-state index contributed by atoms with van der Waals surface area (Å²) in [6.07, 6.45) is 10.4. The second kappa shape index (κ2) is 22.4. The molecule has 3 nitrogen and oxygen atoms in total. The van der Waals surface area contributed by atoms with Gasteiger partial charge in [0, 0.05) is 51.6 Å². The molecule has 0 unspecified atom stereocenters. The van der Waals surface area contributed by atoms with Crippen LogP contribution in [0.25, 0.3) is 56.0 Å². The first-order valence-corrected chi connectivity index (χ1v) is 29.5. The highest BCUT2D eigenvalue weighted by Gasteiger charge is 2.38. The van der Waals surface area contributed by atoms with E-state index in [9.17, 15) is 5.48 Å². The van der Waals surface area contributed by atoms with Gasteiger partial charge in [0.05, 0.1) is 17.1 Å². The Morgan fingerprint density at radius 1 is 0.362 bits per heavy atom. The highest BCUT2D eigenvalue weighted by atomic mass is 14.7. The first kappa shape index (κ1) is 49.8. The van der Waals surface area contributed by atoms with Crippen LogP contribution in [0.1, 0.15) is 169 Å². The molecule has 0 bridgehead atoms. The van der Waals surface area contributed by atoms with Crippen LogP contribution < -0.4 is 0 Å². The first-order chi connectivity index (χ1) is 39.9. The third kappa shape index (κ3) is 12.1. The molecule has 2 aliphatic rings. The predicted molar refractivity (Wildman–Crippen MR) is 338 cm³/mol. The van der Waals surface area contributed by atoms with Gasteiger partial charge in [-0.05, 0) is 176 Å². The number of benzene rings is 6. The van der Waals surface area contributed by atoms with Crippen molar-refractivity contribution >= 4 is 0 Å². The fourth-order valence-electron chi connectivity index (χ4n) is 12.8. The van der Waals surface area contributed by atoms with Gasteiger partial charge < -0.3 is 0 Å². The fraction of sp³-hybridized carbons (Fsp3) is 0.338. The molecular formula is C77H83N3. The van der Waals surface area contributed by atoms with Crippen molar-refractivity contribution < 1.29 is 5.48 Å². The number of nitrogens with zero attached hydrogens (tertiary/aromatic N) is 3. The zero-order valence-corrected chi connectivity index (χ0v) is 48.9.